The molecule has 0 bridgehead atoms. The molecule has 1 heterocycles. The maximum atomic E-state index is 3.34. The van der Waals surface area contributed by atoms with Crippen molar-refractivity contribution < 1.29 is 0 Å². The van der Waals surface area contributed by atoms with E-state index < -0.39 is 0 Å². The fourth-order valence-electron chi connectivity index (χ4n) is 1.26. The minimum absolute atomic E-state index is 0.708. The second kappa shape index (κ2) is 1.03. The molecule has 1 aliphatic carbocycles. The van der Waals surface area contributed by atoms with Gasteiger partial charge in [-0.1, -0.05) is 0 Å². The first kappa shape index (κ1) is 3.90. The summed E-state index contributed by atoms with van der Waals surface area (Å²) in [6.07, 6.45) is 5.19. The smallest absolute Gasteiger partial charge is 0.00112 e. The Hall–Kier alpha value is -0.0400. The van der Waals surface area contributed by atoms with Crippen molar-refractivity contribution in [2.75, 3.05) is 13.1 Å². The molecule has 2 rings (SSSR count). The third-order valence-electron chi connectivity index (χ3n) is 2.06. The van der Waals surface area contributed by atoms with Crippen molar-refractivity contribution in [2.45, 2.75) is 12.8 Å². The topological polar surface area (TPSA) is 12.0 Å². The van der Waals surface area contributed by atoms with E-state index in [1.54, 1.807) is 0 Å². The Bertz CT molecular complexity index is 76.2. The molecular weight excluding hydrogens is 86.1 g/mol. The van der Waals surface area contributed by atoms with Crippen LogP contribution in [0.25, 0.3) is 0 Å². The Morgan fingerprint density at radius 3 is 2.71 bits per heavy atom. The van der Waals surface area contributed by atoms with Crippen LogP contribution in [0, 0.1) is 11.8 Å². The molecule has 1 saturated carbocycles. The zero-order valence-corrected chi connectivity index (χ0v) is 4.41. The second-order valence-corrected chi connectivity index (χ2v) is 2.70. The molecule has 0 aromatic rings. The van der Waals surface area contributed by atoms with E-state index >= 15 is 0 Å². The number of rotatable bonds is 0. The van der Waals surface area contributed by atoms with Crippen molar-refractivity contribution in [2.24, 2.45) is 5.41 Å². The SMILES string of the molecule is [CH]1CC12CCNC2. The van der Waals surface area contributed by atoms with Crippen LogP contribution in [0.1, 0.15) is 12.8 Å². The quantitative estimate of drug-likeness (QED) is 0.465. The fourth-order valence-corrected chi connectivity index (χ4v) is 1.26. The lowest BCUT2D eigenvalue weighted by Crippen LogP contribution is -2.08. The third kappa shape index (κ3) is 0.480. The van der Waals surface area contributed by atoms with E-state index in [0.717, 1.165) is 0 Å². The van der Waals surface area contributed by atoms with Gasteiger partial charge in [0, 0.05) is 6.54 Å². The molecule has 2 aliphatic rings. The first-order valence-corrected chi connectivity index (χ1v) is 2.96. The van der Waals surface area contributed by atoms with Crippen molar-refractivity contribution in [3.63, 3.8) is 0 Å². The molecule has 1 spiro atoms. The van der Waals surface area contributed by atoms with Gasteiger partial charge in [0.25, 0.3) is 0 Å². The predicted molar refractivity (Wildman–Crippen MR) is 28.8 cm³/mol. The molecule has 0 aromatic heterocycles. The van der Waals surface area contributed by atoms with Crippen LogP contribution >= 0.6 is 0 Å². The van der Waals surface area contributed by atoms with E-state index in [-0.39, 0.29) is 0 Å². The molecule has 7 heavy (non-hydrogen) atoms. The van der Waals surface area contributed by atoms with Gasteiger partial charge in [-0.25, -0.2) is 0 Å². The van der Waals surface area contributed by atoms with Gasteiger partial charge in [0.05, 0.1) is 0 Å². The van der Waals surface area contributed by atoms with Gasteiger partial charge in [0.15, 0.2) is 0 Å². The molecule has 0 aromatic carbocycles. The third-order valence-corrected chi connectivity index (χ3v) is 2.06. The molecule has 1 nitrogen and oxygen atoms in total. The summed E-state index contributed by atoms with van der Waals surface area (Å²) in [5, 5.41) is 3.34. The second-order valence-electron chi connectivity index (χ2n) is 2.70. The fraction of sp³-hybridized carbons (Fsp3) is 0.833. The summed E-state index contributed by atoms with van der Waals surface area (Å²) in [5.74, 6) is 0. The van der Waals surface area contributed by atoms with Crippen LogP contribution in [-0.2, 0) is 0 Å². The average molecular weight is 96.2 g/mol. The van der Waals surface area contributed by atoms with Crippen LogP contribution in [0.3, 0.4) is 0 Å². The van der Waals surface area contributed by atoms with Crippen molar-refractivity contribution in [3.8, 4) is 0 Å². The maximum absolute atomic E-state index is 3.34. The molecule has 39 valence electrons. The van der Waals surface area contributed by atoms with E-state index in [4.69, 9.17) is 0 Å². The molecule has 1 radical (unpaired) electrons. The van der Waals surface area contributed by atoms with Crippen molar-refractivity contribution in [1.82, 2.24) is 5.32 Å². The molecule has 1 unspecified atom stereocenters. The van der Waals surface area contributed by atoms with Gasteiger partial charge in [0.1, 0.15) is 0 Å². The minimum Gasteiger partial charge on any atom is -0.316 e. The highest BCUT2D eigenvalue weighted by Crippen LogP contribution is 2.48. The van der Waals surface area contributed by atoms with Crippen molar-refractivity contribution in [1.29, 1.82) is 0 Å². The lowest BCUT2D eigenvalue weighted by Gasteiger charge is -1.96. The summed E-state index contributed by atoms with van der Waals surface area (Å²) < 4.78 is 0. The van der Waals surface area contributed by atoms with Crippen LogP contribution in [0.2, 0.25) is 0 Å². The Kier molecular flexibility index (Phi) is 0.571. The molecule has 1 aliphatic heterocycles. The highest BCUT2D eigenvalue weighted by atomic mass is 14.9. The Balaban J connectivity index is 2.07. The van der Waals surface area contributed by atoms with Crippen LogP contribution in [-0.4, -0.2) is 13.1 Å². The first-order chi connectivity index (χ1) is 3.41. The van der Waals surface area contributed by atoms with Crippen molar-refractivity contribution in [3.05, 3.63) is 6.42 Å². The predicted octanol–water partition coefficient (Wildman–Crippen LogP) is 0.574. The zero-order valence-electron chi connectivity index (χ0n) is 4.41. The summed E-state index contributed by atoms with van der Waals surface area (Å²) in [5.41, 5.74) is 0.708. The van der Waals surface area contributed by atoms with Crippen molar-refractivity contribution >= 4 is 0 Å². The first-order valence-electron chi connectivity index (χ1n) is 2.96. The monoisotopic (exact) mass is 96.1 g/mol. The van der Waals surface area contributed by atoms with Gasteiger partial charge in [-0.2, -0.15) is 0 Å². The Morgan fingerprint density at radius 2 is 2.43 bits per heavy atom. The van der Waals surface area contributed by atoms with Crippen LogP contribution < -0.4 is 5.32 Å². The molecule has 1 heteroatoms. The normalized spacial score (nSPS) is 34.3. The largest absolute Gasteiger partial charge is 0.316 e. The average Bonchev–Trinajstić information content (AvgIpc) is 2.15. The van der Waals surface area contributed by atoms with Gasteiger partial charge >= 0.3 is 0 Å². The number of nitrogens with one attached hydrogen (secondary N) is 1. The number of hydrogen-bond donors (Lipinski definition) is 1. The van der Waals surface area contributed by atoms with E-state index in [1.807, 2.05) is 0 Å². The lowest BCUT2D eigenvalue weighted by atomic mass is 10.1. The van der Waals surface area contributed by atoms with Gasteiger partial charge in [-0.15, -0.1) is 0 Å². The Labute approximate surface area is 44.1 Å². The summed E-state index contributed by atoms with van der Waals surface area (Å²) in [7, 11) is 0. The zero-order chi connectivity index (χ0) is 4.74. The Morgan fingerprint density at radius 1 is 1.57 bits per heavy atom. The van der Waals surface area contributed by atoms with Gasteiger partial charge in [-0.05, 0) is 31.2 Å². The molecule has 1 N–H and O–H groups in total. The number of hydrogen-bond acceptors (Lipinski definition) is 1. The lowest BCUT2D eigenvalue weighted by molar-refractivity contribution is 0.601. The molecule has 0 amide bonds. The van der Waals surface area contributed by atoms with E-state index in [2.05, 4.69) is 11.7 Å². The standard InChI is InChI=1S/C6H10N/c1-2-6(1)3-4-7-5-6/h1,7H,2-5H2. The van der Waals surface area contributed by atoms with Gasteiger partial charge < -0.3 is 5.32 Å². The van der Waals surface area contributed by atoms with E-state index in [9.17, 15) is 0 Å². The minimum atomic E-state index is 0.708. The summed E-state index contributed by atoms with van der Waals surface area (Å²) in [6.45, 7) is 2.50. The summed E-state index contributed by atoms with van der Waals surface area (Å²) in [4.78, 5) is 0. The van der Waals surface area contributed by atoms with Gasteiger partial charge in [0.2, 0.25) is 0 Å². The van der Waals surface area contributed by atoms with Crippen LogP contribution in [0.4, 0.5) is 0 Å². The van der Waals surface area contributed by atoms with E-state index in [0.29, 0.717) is 5.41 Å². The molecule has 1 atom stereocenters. The van der Waals surface area contributed by atoms with Crippen LogP contribution in [0.5, 0.6) is 0 Å². The highest BCUT2D eigenvalue weighted by molar-refractivity contribution is 5.13. The highest BCUT2D eigenvalue weighted by Gasteiger charge is 2.44. The molecule has 2 fully saturated rings. The summed E-state index contributed by atoms with van der Waals surface area (Å²) >= 11 is 0. The maximum Gasteiger partial charge on any atom is 0.00112 e. The van der Waals surface area contributed by atoms with E-state index in [1.165, 1.54) is 25.9 Å². The molecular formula is C6H10N. The van der Waals surface area contributed by atoms with Gasteiger partial charge in [-0.3, -0.25) is 0 Å². The van der Waals surface area contributed by atoms with Crippen LogP contribution in [0.15, 0.2) is 0 Å². The summed E-state index contributed by atoms with van der Waals surface area (Å²) in [6, 6.07) is 0. The molecule has 1 saturated heterocycles.